The maximum absolute atomic E-state index is 10.7. The molecule has 0 aliphatic rings. The number of aromatic nitrogens is 1. The molecule has 88 valence electrons. The van der Waals surface area contributed by atoms with Gasteiger partial charge in [0.05, 0.1) is 5.69 Å². The lowest BCUT2D eigenvalue weighted by Gasteiger charge is -2.04. The number of hydrogen-bond donors (Lipinski definition) is 2. The van der Waals surface area contributed by atoms with Crippen LogP contribution in [0.4, 0.5) is 0 Å². The maximum atomic E-state index is 10.7. The van der Waals surface area contributed by atoms with E-state index in [2.05, 4.69) is 4.98 Å². The highest BCUT2D eigenvalue weighted by molar-refractivity contribution is 7.98. The average Bonchev–Trinajstić information content (AvgIpc) is 2.24. The molecule has 0 spiro atoms. The minimum atomic E-state index is -0.984. The van der Waals surface area contributed by atoms with Crippen LogP contribution in [0.15, 0.2) is 18.2 Å². The Hall–Kier alpha value is -1.07. The lowest BCUT2D eigenvalue weighted by atomic mass is 10.3. The van der Waals surface area contributed by atoms with Gasteiger partial charge in [-0.3, -0.25) is 0 Å². The Bertz CT molecular complexity index is 356. The Balaban J connectivity index is 2.42. The molecular formula is C11H16N2O2S. The molecule has 1 aromatic heterocycles. The summed E-state index contributed by atoms with van der Waals surface area (Å²) in [5.74, 6) is 0.715. The molecule has 0 radical (unpaired) electrons. The number of thioether (sulfide) groups is 1. The predicted molar refractivity (Wildman–Crippen MR) is 65.6 cm³/mol. The summed E-state index contributed by atoms with van der Waals surface area (Å²) in [4.78, 5) is 14.7. The number of nitrogens with zero attached hydrogens (tertiary/aromatic N) is 1. The number of aromatic carboxylic acids is 1. The summed E-state index contributed by atoms with van der Waals surface area (Å²) < 4.78 is 0. The van der Waals surface area contributed by atoms with E-state index in [4.69, 9.17) is 10.8 Å². The molecule has 0 aliphatic carbocycles. The molecule has 1 aromatic rings. The highest BCUT2D eigenvalue weighted by Crippen LogP contribution is 2.12. The fourth-order valence-electron chi connectivity index (χ4n) is 1.13. The number of nitrogens with two attached hydrogens (primary N) is 1. The standard InChI is InChI=1S/C11H16N2O2S/c1-8(12)5-6-16-7-9-3-2-4-10(13-9)11(14)15/h2-4,8H,5-7,12H2,1H3,(H,14,15). The molecule has 4 nitrogen and oxygen atoms in total. The van der Waals surface area contributed by atoms with Gasteiger partial charge in [0.25, 0.3) is 0 Å². The lowest BCUT2D eigenvalue weighted by Crippen LogP contribution is -2.15. The van der Waals surface area contributed by atoms with Crippen molar-refractivity contribution in [3.05, 3.63) is 29.6 Å². The molecule has 3 N–H and O–H groups in total. The third-order valence-corrected chi connectivity index (χ3v) is 3.02. The van der Waals surface area contributed by atoms with Crippen LogP contribution < -0.4 is 5.73 Å². The molecule has 1 atom stereocenters. The van der Waals surface area contributed by atoms with E-state index in [1.807, 2.05) is 13.0 Å². The van der Waals surface area contributed by atoms with Gasteiger partial charge in [-0.25, -0.2) is 9.78 Å². The van der Waals surface area contributed by atoms with Crippen molar-refractivity contribution >= 4 is 17.7 Å². The first kappa shape index (κ1) is 13.0. The first-order valence-electron chi connectivity index (χ1n) is 5.12. The van der Waals surface area contributed by atoms with Crippen molar-refractivity contribution in [3.63, 3.8) is 0 Å². The summed E-state index contributed by atoms with van der Waals surface area (Å²) in [6.45, 7) is 1.98. The molecule has 0 aromatic carbocycles. The van der Waals surface area contributed by atoms with Crippen LogP contribution in [-0.2, 0) is 5.75 Å². The van der Waals surface area contributed by atoms with Crippen LogP contribution in [0.25, 0.3) is 0 Å². The molecule has 1 heterocycles. The van der Waals surface area contributed by atoms with E-state index >= 15 is 0 Å². The van der Waals surface area contributed by atoms with Crippen molar-refractivity contribution in [1.82, 2.24) is 4.98 Å². The SMILES string of the molecule is CC(N)CCSCc1cccc(C(=O)O)n1. The fourth-order valence-corrected chi connectivity index (χ4v) is 2.18. The Morgan fingerprint density at radius 3 is 3.00 bits per heavy atom. The van der Waals surface area contributed by atoms with E-state index in [1.54, 1.807) is 17.8 Å². The number of pyridine rings is 1. The van der Waals surface area contributed by atoms with Gasteiger partial charge < -0.3 is 10.8 Å². The molecule has 0 fully saturated rings. The van der Waals surface area contributed by atoms with Gasteiger partial charge in [0.15, 0.2) is 0 Å². The Morgan fingerprint density at radius 1 is 1.62 bits per heavy atom. The number of carbonyl (C=O) groups is 1. The van der Waals surface area contributed by atoms with Crippen molar-refractivity contribution < 1.29 is 9.90 Å². The predicted octanol–water partition coefficient (Wildman–Crippen LogP) is 1.75. The smallest absolute Gasteiger partial charge is 0.354 e. The number of carboxylic acids is 1. The topological polar surface area (TPSA) is 76.2 Å². The summed E-state index contributed by atoms with van der Waals surface area (Å²) in [5.41, 5.74) is 6.53. The molecule has 1 rings (SSSR count). The largest absolute Gasteiger partial charge is 0.477 e. The van der Waals surface area contributed by atoms with E-state index < -0.39 is 5.97 Å². The van der Waals surface area contributed by atoms with Gasteiger partial charge in [-0.15, -0.1) is 0 Å². The fraction of sp³-hybridized carbons (Fsp3) is 0.455. The van der Waals surface area contributed by atoms with Crippen LogP contribution in [0.2, 0.25) is 0 Å². The van der Waals surface area contributed by atoms with Crippen molar-refractivity contribution in [3.8, 4) is 0 Å². The average molecular weight is 240 g/mol. The normalized spacial score (nSPS) is 12.4. The summed E-state index contributed by atoms with van der Waals surface area (Å²) in [7, 11) is 0. The molecule has 0 aliphatic heterocycles. The van der Waals surface area contributed by atoms with Crippen molar-refractivity contribution in [2.45, 2.75) is 25.1 Å². The minimum Gasteiger partial charge on any atom is -0.477 e. The second-order valence-corrected chi connectivity index (χ2v) is 4.74. The molecule has 5 heteroatoms. The molecule has 0 amide bonds. The van der Waals surface area contributed by atoms with E-state index in [9.17, 15) is 4.79 Å². The van der Waals surface area contributed by atoms with Crippen molar-refractivity contribution in [2.24, 2.45) is 5.73 Å². The van der Waals surface area contributed by atoms with Crippen LogP contribution in [0.5, 0.6) is 0 Å². The monoisotopic (exact) mass is 240 g/mol. The molecule has 0 saturated heterocycles. The zero-order valence-electron chi connectivity index (χ0n) is 9.22. The highest BCUT2D eigenvalue weighted by Gasteiger charge is 2.05. The summed E-state index contributed by atoms with van der Waals surface area (Å²) in [6, 6.07) is 5.27. The van der Waals surface area contributed by atoms with E-state index in [-0.39, 0.29) is 11.7 Å². The Labute approximate surface area is 99.3 Å². The molecular weight excluding hydrogens is 224 g/mol. The van der Waals surface area contributed by atoms with Crippen LogP contribution in [0, 0.1) is 0 Å². The first-order chi connectivity index (χ1) is 7.59. The number of hydrogen-bond acceptors (Lipinski definition) is 4. The maximum Gasteiger partial charge on any atom is 0.354 e. The molecule has 16 heavy (non-hydrogen) atoms. The van der Waals surface area contributed by atoms with Gasteiger partial charge in [-0.1, -0.05) is 6.07 Å². The van der Waals surface area contributed by atoms with Crippen LogP contribution in [0.3, 0.4) is 0 Å². The van der Waals surface area contributed by atoms with Gasteiger partial charge >= 0.3 is 5.97 Å². The van der Waals surface area contributed by atoms with Crippen LogP contribution in [-0.4, -0.2) is 27.9 Å². The van der Waals surface area contributed by atoms with E-state index in [0.29, 0.717) is 0 Å². The van der Waals surface area contributed by atoms with Crippen molar-refractivity contribution in [1.29, 1.82) is 0 Å². The van der Waals surface area contributed by atoms with Gasteiger partial charge in [0, 0.05) is 11.8 Å². The minimum absolute atomic E-state index is 0.102. The van der Waals surface area contributed by atoms with Crippen molar-refractivity contribution in [2.75, 3.05) is 5.75 Å². The summed E-state index contributed by atoms with van der Waals surface area (Å²) >= 11 is 1.72. The van der Waals surface area contributed by atoms with Crippen LogP contribution in [0.1, 0.15) is 29.5 Å². The van der Waals surface area contributed by atoms with Gasteiger partial charge in [-0.2, -0.15) is 11.8 Å². The van der Waals surface area contributed by atoms with Gasteiger partial charge in [-0.05, 0) is 31.2 Å². The lowest BCUT2D eigenvalue weighted by molar-refractivity contribution is 0.0690. The van der Waals surface area contributed by atoms with Gasteiger partial charge in [0.2, 0.25) is 0 Å². The zero-order valence-corrected chi connectivity index (χ0v) is 10.0. The molecule has 1 unspecified atom stereocenters. The quantitative estimate of drug-likeness (QED) is 0.741. The molecule has 0 bridgehead atoms. The van der Waals surface area contributed by atoms with E-state index in [0.717, 1.165) is 23.6 Å². The Morgan fingerprint density at radius 2 is 2.38 bits per heavy atom. The third-order valence-electron chi connectivity index (χ3n) is 1.99. The second kappa shape index (κ2) is 6.50. The summed E-state index contributed by atoms with van der Waals surface area (Å²) in [5, 5.41) is 8.77. The van der Waals surface area contributed by atoms with E-state index in [1.165, 1.54) is 6.07 Å². The highest BCUT2D eigenvalue weighted by atomic mass is 32.2. The summed E-state index contributed by atoms with van der Waals surface area (Å²) in [6.07, 6.45) is 0.962. The molecule has 0 saturated carbocycles. The number of carboxylic acid groups (broad SMARTS) is 1. The second-order valence-electron chi connectivity index (χ2n) is 3.64. The Kier molecular flexibility index (Phi) is 5.28. The zero-order chi connectivity index (χ0) is 12.0. The third kappa shape index (κ3) is 4.63. The van der Waals surface area contributed by atoms with Gasteiger partial charge in [0.1, 0.15) is 5.69 Å². The number of rotatable bonds is 6. The first-order valence-corrected chi connectivity index (χ1v) is 6.27. The van der Waals surface area contributed by atoms with Crippen LogP contribution >= 0.6 is 11.8 Å².